The highest BCUT2D eigenvalue weighted by Crippen LogP contribution is 2.09. The summed E-state index contributed by atoms with van der Waals surface area (Å²) >= 11 is 0. The Bertz CT molecular complexity index is 490. The SMILES string of the molecule is O=C(O)CCCCCCC(NCCCCCc1ccccc1)C(=O)O. The molecule has 0 radical (unpaired) electrons. The van der Waals surface area contributed by atoms with Crippen molar-refractivity contribution < 1.29 is 19.8 Å². The summed E-state index contributed by atoms with van der Waals surface area (Å²) in [4.78, 5) is 21.7. The van der Waals surface area contributed by atoms with Crippen molar-refractivity contribution in [2.45, 2.75) is 70.3 Å². The van der Waals surface area contributed by atoms with Crippen LogP contribution in [0.25, 0.3) is 0 Å². The van der Waals surface area contributed by atoms with Crippen molar-refractivity contribution >= 4 is 11.9 Å². The fraction of sp³-hybridized carbons (Fsp3) is 0.600. The highest BCUT2D eigenvalue weighted by atomic mass is 16.4. The number of aryl methyl sites for hydroxylation is 1. The normalized spacial score (nSPS) is 12.0. The van der Waals surface area contributed by atoms with Gasteiger partial charge >= 0.3 is 11.9 Å². The number of carboxylic acid groups (broad SMARTS) is 2. The average molecular weight is 349 g/mol. The molecule has 0 saturated carbocycles. The second-order valence-electron chi connectivity index (χ2n) is 6.49. The molecule has 1 unspecified atom stereocenters. The number of aliphatic carboxylic acids is 2. The van der Waals surface area contributed by atoms with E-state index in [0.29, 0.717) is 12.8 Å². The first-order valence-electron chi connectivity index (χ1n) is 9.31. The van der Waals surface area contributed by atoms with Crippen LogP contribution in [0.5, 0.6) is 0 Å². The van der Waals surface area contributed by atoms with Crippen LogP contribution in [-0.4, -0.2) is 34.7 Å². The zero-order valence-corrected chi connectivity index (χ0v) is 15.0. The van der Waals surface area contributed by atoms with Gasteiger partial charge in [-0.15, -0.1) is 0 Å². The Balaban J connectivity index is 2.04. The van der Waals surface area contributed by atoms with Gasteiger partial charge in [-0.2, -0.15) is 0 Å². The van der Waals surface area contributed by atoms with E-state index >= 15 is 0 Å². The van der Waals surface area contributed by atoms with Gasteiger partial charge in [0.25, 0.3) is 0 Å². The van der Waals surface area contributed by atoms with E-state index in [9.17, 15) is 14.7 Å². The van der Waals surface area contributed by atoms with Crippen molar-refractivity contribution in [3.8, 4) is 0 Å². The first-order valence-corrected chi connectivity index (χ1v) is 9.31. The molecule has 0 aromatic heterocycles. The molecule has 1 atom stereocenters. The maximum Gasteiger partial charge on any atom is 0.320 e. The molecular weight excluding hydrogens is 318 g/mol. The summed E-state index contributed by atoms with van der Waals surface area (Å²) in [7, 11) is 0. The van der Waals surface area contributed by atoms with Gasteiger partial charge in [-0.05, 0) is 44.2 Å². The first-order chi connectivity index (χ1) is 12.1. The van der Waals surface area contributed by atoms with Crippen molar-refractivity contribution in [1.82, 2.24) is 5.32 Å². The molecule has 0 heterocycles. The Morgan fingerprint density at radius 2 is 1.56 bits per heavy atom. The molecule has 0 aliphatic carbocycles. The summed E-state index contributed by atoms with van der Waals surface area (Å²) in [6.07, 6.45) is 8.27. The lowest BCUT2D eigenvalue weighted by atomic mass is 10.1. The second kappa shape index (κ2) is 13.4. The number of carbonyl (C=O) groups is 2. The third-order valence-electron chi connectivity index (χ3n) is 4.31. The van der Waals surface area contributed by atoms with Crippen LogP contribution in [0.4, 0.5) is 0 Å². The summed E-state index contributed by atoms with van der Waals surface area (Å²) < 4.78 is 0. The molecule has 3 N–H and O–H groups in total. The van der Waals surface area contributed by atoms with Crippen LogP contribution in [0.15, 0.2) is 30.3 Å². The number of carboxylic acids is 2. The minimum absolute atomic E-state index is 0.198. The highest BCUT2D eigenvalue weighted by molar-refractivity contribution is 5.73. The Hall–Kier alpha value is -1.88. The molecule has 0 fully saturated rings. The van der Waals surface area contributed by atoms with Gasteiger partial charge < -0.3 is 15.5 Å². The van der Waals surface area contributed by atoms with Crippen LogP contribution in [0.2, 0.25) is 0 Å². The zero-order chi connectivity index (χ0) is 18.3. The Labute approximate surface area is 150 Å². The molecule has 0 bridgehead atoms. The Morgan fingerprint density at radius 3 is 2.24 bits per heavy atom. The lowest BCUT2D eigenvalue weighted by Gasteiger charge is -2.14. The van der Waals surface area contributed by atoms with E-state index in [1.165, 1.54) is 5.56 Å². The number of benzene rings is 1. The van der Waals surface area contributed by atoms with Gasteiger partial charge in [0.1, 0.15) is 6.04 Å². The fourth-order valence-electron chi connectivity index (χ4n) is 2.84. The van der Waals surface area contributed by atoms with E-state index in [-0.39, 0.29) is 6.42 Å². The molecule has 1 rings (SSSR count). The van der Waals surface area contributed by atoms with Gasteiger partial charge in [-0.25, -0.2) is 0 Å². The van der Waals surface area contributed by atoms with Crippen LogP contribution in [0.3, 0.4) is 0 Å². The minimum atomic E-state index is -0.796. The number of nitrogens with one attached hydrogen (secondary N) is 1. The summed E-state index contributed by atoms with van der Waals surface area (Å²) in [5.41, 5.74) is 1.35. The minimum Gasteiger partial charge on any atom is -0.481 e. The van der Waals surface area contributed by atoms with Gasteiger partial charge in [0.15, 0.2) is 0 Å². The first kappa shape index (κ1) is 21.2. The van der Waals surface area contributed by atoms with Crippen molar-refractivity contribution in [1.29, 1.82) is 0 Å². The summed E-state index contributed by atoms with van der Waals surface area (Å²) in [6, 6.07) is 9.90. The molecule has 0 saturated heterocycles. The number of rotatable bonds is 15. The van der Waals surface area contributed by atoms with Crippen molar-refractivity contribution in [2.24, 2.45) is 0 Å². The molecule has 5 heteroatoms. The van der Waals surface area contributed by atoms with Gasteiger partial charge in [-0.3, -0.25) is 9.59 Å². The van der Waals surface area contributed by atoms with E-state index in [1.807, 2.05) is 6.07 Å². The molecular formula is C20H31NO4. The molecule has 5 nitrogen and oxygen atoms in total. The molecule has 140 valence electrons. The predicted octanol–water partition coefficient (Wildman–Crippen LogP) is 3.87. The van der Waals surface area contributed by atoms with Crippen LogP contribution in [-0.2, 0) is 16.0 Å². The van der Waals surface area contributed by atoms with E-state index in [1.54, 1.807) is 0 Å². The van der Waals surface area contributed by atoms with E-state index in [0.717, 1.165) is 51.5 Å². The predicted molar refractivity (Wildman–Crippen MR) is 98.8 cm³/mol. The Morgan fingerprint density at radius 1 is 0.880 bits per heavy atom. The molecule has 0 aliphatic rings. The third kappa shape index (κ3) is 11.3. The van der Waals surface area contributed by atoms with Crippen LogP contribution >= 0.6 is 0 Å². The quantitative estimate of drug-likeness (QED) is 0.419. The third-order valence-corrected chi connectivity index (χ3v) is 4.31. The lowest BCUT2D eigenvalue weighted by Crippen LogP contribution is -2.37. The van der Waals surface area contributed by atoms with Gasteiger partial charge in [-0.1, -0.05) is 56.0 Å². The molecule has 0 aliphatic heterocycles. The largest absolute Gasteiger partial charge is 0.481 e. The lowest BCUT2D eigenvalue weighted by molar-refractivity contribution is -0.140. The Kier molecular flexibility index (Phi) is 11.4. The van der Waals surface area contributed by atoms with Crippen LogP contribution in [0, 0.1) is 0 Å². The summed E-state index contributed by atoms with van der Waals surface area (Å²) in [6.45, 7) is 0.727. The molecule has 0 spiro atoms. The molecule has 1 aromatic rings. The number of hydrogen-bond acceptors (Lipinski definition) is 3. The summed E-state index contributed by atoms with van der Waals surface area (Å²) in [5, 5.41) is 21.0. The number of hydrogen-bond donors (Lipinski definition) is 3. The van der Waals surface area contributed by atoms with E-state index in [4.69, 9.17) is 5.11 Å². The topological polar surface area (TPSA) is 86.6 Å². The van der Waals surface area contributed by atoms with Crippen LogP contribution in [0.1, 0.15) is 63.4 Å². The highest BCUT2D eigenvalue weighted by Gasteiger charge is 2.15. The molecule has 1 aromatic carbocycles. The number of unbranched alkanes of at least 4 members (excludes halogenated alkanes) is 5. The standard InChI is InChI=1S/C20H31NO4/c22-19(23)15-9-2-1-8-14-18(20(24)25)21-16-10-4-7-13-17-11-5-3-6-12-17/h3,5-6,11-12,18,21H,1-2,4,7-10,13-16H2,(H,22,23)(H,24,25). The van der Waals surface area contributed by atoms with Crippen molar-refractivity contribution in [2.75, 3.05) is 6.54 Å². The average Bonchev–Trinajstić information content (AvgIpc) is 2.59. The molecule has 0 amide bonds. The van der Waals surface area contributed by atoms with Crippen LogP contribution < -0.4 is 5.32 Å². The van der Waals surface area contributed by atoms with E-state index < -0.39 is 18.0 Å². The van der Waals surface area contributed by atoms with Crippen molar-refractivity contribution in [3.63, 3.8) is 0 Å². The fourth-order valence-corrected chi connectivity index (χ4v) is 2.84. The van der Waals surface area contributed by atoms with Gasteiger partial charge in [0.05, 0.1) is 0 Å². The maximum atomic E-state index is 11.3. The monoisotopic (exact) mass is 349 g/mol. The zero-order valence-electron chi connectivity index (χ0n) is 15.0. The smallest absolute Gasteiger partial charge is 0.320 e. The van der Waals surface area contributed by atoms with Crippen molar-refractivity contribution in [3.05, 3.63) is 35.9 Å². The van der Waals surface area contributed by atoms with E-state index in [2.05, 4.69) is 29.6 Å². The van der Waals surface area contributed by atoms with Gasteiger partial charge in [0, 0.05) is 6.42 Å². The molecule has 25 heavy (non-hydrogen) atoms. The van der Waals surface area contributed by atoms with Gasteiger partial charge in [0.2, 0.25) is 0 Å². The second-order valence-corrected chi connectivity index (χ2v) is 6.49. The maximum absolute atomic E-state index is 11.3. The summed E-state index contributed by atoms with van der Waals surface area (Å²) in [5.74, 6) is -1.56.